The zero-order valence-electron chi connectivity index (χ0n) is 14.4. The molecule has 7 heteroatoms. The van der Waals surface area contributed by atoms with Crippen LogP contribution >= 0.6 is 0 Å². The van der Waals surface area contributed by atoms with Gasteiger partial charge >= 0.3 is 5.97 Å². The van der Waals surface area contributed by atoms with Crippen molar-refractivity contribution in [2.75, 3.05) is 18.4 Å². The number of carbonyl (C=O) groups is 3. The summed E-state index contributed by atoms with van der Waals surface area (Å²) in [5.74, 6) is -1.70. The summed E-state index contributed by atoms with van der Waals surface area (Å²) in [4.78, 5) is 42.0. The normalized spacial score (nSPS) is 13.5. The van der Waals surface area contributed by atoms with Gasteiger partial charge in [-0.3, -0.25) is 9.59 Å². The number of nitrogens with zero attached hydrogens (tertiary/aromatic N) is 2. The first-order valence-electron chi connectivity index (χ1n) is 8.38. The summed E-state index contributed by atoms with van der Waals surface area (Å²) in [6, 6.07) is 9.55. The number of aromatic carboxylic acids is 1. The van der Waals surface area contributed by atoms with E-state index in [0.29, 0.717) is 11.3 Å². The fraction of sp³-hybridized carbons (Fsp3) is 0.263. The van der Waals surface area contributed by atoms with E-state index in [1.807, 2.05) is 0 Å². The van der Waals surface area contributed by atoms with E-state index in [4.69, 9.17) is 5.11 Å². The van der Waals surface area contributed by atoms with Crippen LogP contribution in [0.25, 0.3) is 0 Å². The smallest absolute Gasteiger partial charge is 0.337 e. The Balaban J connectivity index is 1.83. The number of nitrogens with one attached hydrogen (secondary N) is 1. The van der Waals surface area contributed by atoms with Gasteiger partial charge in [0.05, 0.1) is 22.5 Å². The first-order valence-corrected chi connectivity index (χ1v) is 8.38. The Hall–Kier alpha value is -3.22. The van der Waals surface area contributed by atoms with Crippen LogP contribution in [0.4, 0.5) is 5.69 Å². The second-order valence-electron chi connectivity index (χ2n) is 6.13. The molecule has 26 heavy (non-hydrogen) atoms. The zero-order chi connectivity index (χ0) is 18.7. The van der Waals surface area contributed by atoms with Crippen molar-refractivity contribution in [3.63, 3.8) is 0 Å². The number of rotatable bonds is 4. The average molecular weight is 353 g/mol. The number of pyridine rings is 1. The number of likely N-dealkylation sites (tertiary alicyclic amines) is 1. The monoisotopic (exact) mass is 353 g/mol. The number of carboxylic acid groups (broad SMARTS) is 1. The maximum Gasteiger partial charge on any atom is 0.337 e. The highest BCUT2D eigenvalue weighted by Gasteiger charge is 2.22. The maximum atomic E-state index is 12.7. The van der Waals surface area contributed by atoms with Crippen LogP contribution < -0.4 is 5.32 Å². The minimum Gasteiger partial charge on any atom is -0.478 e. The molecule has 7 nitrogen and oxygen atoms in total. The van der Waals surface area contributed by atoms with Gasteiger partial charge in [0, 0.05) is 13.1 Å². The number of carbonyl (C=O) groups excluding carboxylic acids is 2. The fourth-order valence-corrected chi connectivity index (χ4v) is 2.97. The number of amides is 2. The summed E-state index contributed by atoms with van der Waals surface area (Å²) >= 11 is 0. The van der Waals surface area contributed by atoms with Crippen molar-refractivity contribution in [3.05, 3.63) is 58.9 Å². The van der Waals surface area contributed by atoms with E-state index < -0.39 is 11.9 Å². The molecule has 3 rings (SSSR count). The molecule has 2 heterocycles. The van der Waals surface area contributed by atoms with Crippen molar-refractivity contribution < 1.29 is 19.5 Å². The van der Waals surface area contributed by atoms with Crippen LogP contribution in [0.15, 0.2) is 36.4 Å². The highest BCUT2D eigenvalue weighted by atomic mass is 16.4. The molecule has 0 unspecified atom stereocenters. The van der Waals surface area contributed by atoms with Gasteiger partial charge in [-0.25, -0.2) is 9.78 Å². The molecule has 1 aliphatic rings. The minimum absolute atomic E-state index is 0.0474. The van der Waals surface area contributed by atoms with Gasteiger partial charge in [0.2, 0.25) is 0 Å². The predicted octanol–water partition coefficient (Wildman–Crippen LogP) is 2.58. The molecule has 2 N–H and O–H groups in total. The Labute approximate surface area is 150 Å². The van der Waals surface area contributed by atoms with Crippen LogP contribution in [0.2, 0.25) is 0 Å². The molecular formula is C19H19N3O4. The number of benzene rings is 1. The Morgan fingerprint density at radius 2 is 1.73 bits per heavy atom. The van der Waals surface area contributed by atoms with Crippen molar-refractivity contribution in [3.8, 4) is 0 Å². The van der Waals surface area contributed by atoms with E-state index in [1.54, 1.807) is 29.2 Å². The Bertz CT molecular complexity index is 873. The summed E-state index contributed by atoms with van der Waals surface area (Å²) in [5, 5.41) is 11.8. The van der Waals surface area contributed by atoms with E-state index in [2.05, 4.69) is 10.3 Å². The number of hydrogen-bond donors (Lipinski definition) is 2. The van der Waals surface area contributed by atoms with Crippen LogP contribution in [0.3, 0.4) is 0 Å². The summed E-state index contributed by atoms with van der Waals surface area (Å²) in [5.41, 5.74) is 1.24. The molecule has 1 fully saturated rings. The van der Waals surface area contributed by atoms with Gasteiger partial charge in [-0.2, -0.15) is 0 Å². The van der Waals surface area contributed by atoms with Gasteiger partial charge in [-0.05, 0) is 44.0 Å². The maximum absolute atomic E-state index is 12.7. The van der Waals surface area contributed by atoms with E-state index in [0.717, 1.165) is 25.9 Å². The standard InChI is InChI=1S/C19H19N3O4/c1-12-13(19(25)26)8-9-16(20-12)17(23)21-15-7-3-2-6-14(15)18(24)22-10-4-5-11-22/h2-3,6-9H,4-5,10-11H2,1H3,(H,21,23)(H,25,26). The van der Waals surface area contributed by atoms with E-state index in [1.165, 1.54) is 19.1 Å². The van der Waals surface area contributed by atoms with E-state index in [9.17, 15) is 14.4 Å². The lowest BCUT2D eigenvalue weighted by atomic mass is 10.1. The molecule has 0 spiro atoms. The van der Waals surface area contributed by atoms with Gasteiger partial charge < -0.3 is 15.3 Å². The molecule has 0 radical (unpaired) electrons. The van der Waals surface area contributed by atoms with Crippen LogP contribution in [0.1, 0.15) is 49.7 Å². The van der Waals surface area contributed by atoms with Crippen LogP contribution in [-0.4, -0.2) is 45.9 Å². The third-order valence-electron chi connectivity index (χ3n) is 4.35. The van der Waals surface area contributed by atoms with Gasteiger partial charge in [0.15, 0.2) is 0 Å². The molecular weight excluding hydrogens is 334 g/mol. The second-order valence-corrected chi connectivity index (χ2v) is 6.13. The van der Waals surface area contributed by atoms with E-state index >= 15 is 0 Å². The number of anilines is 1. The molecule has 1 aromatic heterocycles. The van der Waals surface area contributed by atoms with E-state index in [-0.39, 0.29) is 22.9 Å². The fourth-order valence-electron chi connectivity index (χ4n) is 2.97. The lowest BCUT2D eigenvalue weighted by Gasteiger charge is -2.18. The molecule has 2 aromatic rings. The van der Waals surface area contributed by atoms with Crippen LogP contribution in [-0.2, 0) is 0 Å². The molecule has 1 saturated heterocycles. The van der Waals surface area contributed by atoms with Crippen LogP contribution in [0.5, 0.6) is 0 Å². The lowest BCUT2D eigenvalue weighted by Crippen LogP contribution is -2.29. The quantitative estimate of drug-likeness (QED) is 0.880. The molecule has 0 atom stereocenters. The van der Waals surface area contributed by atoms with Gasteiger partial charge in [-0.15, -0.1) is 0 Å². The molecule has 0 aliphatic carbocycles. The Morgan fingerprint density at radius 1 is 1.04 bits per heavy atom. The van der Waals surface area contributed by atoms with Crippen molar-refractivity contribution >= 4 is 23.5 Å². The summed E-state index contributed by atoms with van der Waals surface area (Å²) in [6.45, 7) is 2.97. The zero-order valence-corrected chi connectivity index (χ0v) is 14.4. The topological polar surface area (TPSA) is 99.6 Å². The highest BCUT2D eigenvalue weighted by molar-refractivity contribution is 6.08. The van der Waals surface area contributed by atoms with Crippen molar-refractivity contribution in [2.24, 2.45) is 0 Å². The van der Waals surface area contributed by atoms with Crippen molar-refractivity contribution in [1.29, 1.82) is 0 Å². The third kappa shape index (κ3) is 3.56. The molecule has 1 aromatic carbocycles. The number of aryl methyl sites for hydroxylation is 1. The molecule has 0 saturated carbocycles. The lowest BCUT2D eigenvalue weighted by molar-refractivity contribution is 0.0694. The molecule has 134 valence electrons. The molecule has 0 bridgehead atoms. The second kappa shape index (κ2) is 7.35. The van der Waals surface area contributed by atoms with Crippen molar-refractivity contribution in [1.82, 2.24) is 9.88 Å². The first-order chi connectivity index (χ1) is 12.5. The SMILES string of the molecule is Cc1nc(C(=O)Nc2ccccc2C(=O)N2CCCC2)ccc1C(=O)O. The van der Waals surface area contributed by atoms with Gasteiger partial charge in [-0.1, -0.05) is 12.1 Å². The number of aromatic nitrogens is 1. The number of hydrogen-bond acceptors (Lipinski definition) is 4. The minimum atomic E-state index is -1.09. The summed E-state index contributed by atoms with van der Waals surface area (Å²) < 4.78 is 0. The summed E-state index contributed by atoms with van der Waals surface area (Å²) in [7, 11) is 0. The van der Waals surface area contributed by atoms with Crippen molar-refractivity contribution in [2.45, 2.75) is 19.8 Å². The number of para-hydroxylation sites is 1. The number of carboxylic acids is 1. The van der Waals surface area contributed by atoms with Gasteiger partial charge in [0.25, 0.3) is 11.8 Å². The Morgan fingerprint density at radius 3 is 2.38 bits per heavy atom. The summed E-state index contributed by atoms with van der Waals surface area (Å²) in [6.07, 6.45) is 1.97. The Kier molecular flexibility index (Phi) is 4.97. The average Bonchev–Trinajstić information content (AvgIpc) is 3.16. The molecule has 1 aliphatic heterocycles. The first kappa shape index (κ1) is 17.6. The molecule has 2 amide bonds. The third-order valence-corrected chi connectivity index (χ3v) is 4.35. The largest absolute Gasteiger partial charge is 0.478 e. The predicted molar refractivity (Wildman–Crippen MR) is 95.5 cm³/mol. The van der Waals surface area contributed by atoms with Gasteiger partial charge in [0.1, 0.15) is 5.69 Å². The highest BCUT2D eigenvalue weighted by Crippen LogP contribution is 2.21. The van der Waals surface area contributed by atoms with Crippen LogP contribution in [0, 0.1) is 6.92 Å².